The molecule has 0 radical (unpaired) electrons. The quantitative estimate of drug-likeness (QED) is 0.521. The molecule has 1 fully saturated rings. The van der Waals surface area contributed by atoms with Gasteiger partial charge in [-0.15, -0.1) is 0 Å². The molecule has 140 valence electrons. The molecule has 1 aromatic rings. The molecule has 2 rings (SSSR count). The summed E-state index contributed by atoms with van der Waals surface area (Å²) < 4.78 is 18.8. The van der Waals surface area contributed by atoms with Crippen molar-refractivity contribution in [2.75, 3.05) is 46.4 Å². The smallest absolute Gasteiger partial charge is 0.275 e. The lowest BCUT2D eigenvalue weighted by atomic mass is 10.1. The Hall–Kier alpha value is -1.66. The van der Waals surface area contributed by atoms with E-state index in [4.69, 9.17) is 4.74 Å². The first-order valence-electron chi connectivity index (χ1n) is 9.38. The standard InChI is InChI=1S/C19H30FN3O2/c1-3-4-5-8-21-19(24)15-23-11-9-22(10-12-23)14-16-13-17(20)6-7-18(16)25-2/h6-7,13H,3-5,8-12,14-15H2,1-2H3,(H,21,24)/p+2. The van der Waals surface area contributed by atoms with Crippen molar-refractivity contribution in [1.29, 1.82) is 0 Å². The summed E-state index contributed by atoms with van der Waals surface area (Å²) in [6.07, 6.45) is 3.39. The molecule has 1 saturated heterocycles. The topological polar surface area (TPSA) is 47.2 Å². The van der Waals surface area contributed by atoms with Crippen LogP contribution in [0.25, 0.3) is 0 Å². The zero-order chi connectivity index (χ0) is 18.1. The molecule has 0 spiro atoms. The number of carbonyl (C=O) groups excluding carboxylic acids is 1. The number of nitrogens with one attached hydrogen (secondary N) is 3. The minimum atomic E-state index is -0.223. The van der Waals surface area contributed by atoms with Crippen LogP contribution in [0, 0.1) is 5.82 Å². The zero-order valence-corrected chi connectivity index (χ0v) is 15.5. The Morgan fingerprint density at radius 2 is 1.92 bits per heavy atom. The van der Waals surface area contributed by atoms with Crippen LogP contribution in [0.1, 0.15) is 31.7 Å². The van der Waals surface area contributed by atoms with Gasteiger partial charge >= 0.3 is 0 Å². The second kappa shape index (κ2) is 10.4. The van der Waals surface area contributed by atoms with E-state index in [-0.39, 0.29) is 11.7 Å². The van der Waals surface area contributed by atoms with Gasteiger partial charge in [0.05, 0.1) is 12.7 Å². The molecule has 1 heterocycles. The lowest BCUT2D eigenvalue weighted by Gasteiger charge is -2.29. The van der Waals surface area contributed by atoms with E-state index in [1.807, 2.05) is 0 Å². The van der Waals surface area contributed by atoms with E-state index in [2.05, 4.69) is 12.2 Å². The molecular formula is C19H32FN3O2+2. The molecule has 1 aromatic carbocycles. The van der Waals surface area contributed by atoms with E-state index in [1.54, 1.807) is 19.2 Å². The first-order chi connectivity index (χ1) is 12.1. The third kappa shape index (κ3) is 6.63. The van der Waals surface area contributed by atoms with E-state index < -0.39 is 0 Å². The van der Waals surface area contributed by atoms with Crippen LogP contribution in [0.2, 0.25) is 0 Å². The summed E-state index contributed by atoms with van der Waals surface area (Å²) in [7, 11) is 1.62. The van der Waals surface area contributed by atoms with Crippen LogP contribution >= 0.6 is 0 Å². The Bertz CT molecular complexity index is 545. The molecule has 3 N–H and O–H groups in total. The summed E-state index contributed by atoms with van der Waals surface area (Å²) in [5.41, 5.74) is 0.912. The van der Waals surface area contributed by atoms with Crippen molar-refractivity contribution in [3.8, 4) is 5.75 Å². The number of piperazine rings is 1. The number of hydrogen-bond donors (Lipinski definition) is 3. The van der Waals surface area contributed by atoms with Gasteiger partial charge in [-0.1, -0.05) is 19.8 Å². The van der Waals surface area contributed by atoms with E-state index in [9.17, 15) is 9.18 Å². The Morgan fingerprint density at radius 3 is 2.60 bits per heavy atom. The fourth-order valence-corrected chi connectivity index (χ4v) is 3.36. The van der Waals surface area contributed by atoms with Gasteiger partial charge in [-0.05, 0) is 24.6 Å². The number of unbranched alkanes of at least 4 members (excludes halogenated alkanes) is 2. The average Bonchev–Trinajstić information content (AvgIpc) is 2.61. The molecule has 5 nitrogen and oxygen atoms in total. The highest BCUT2D eigenvalue weighted by Gasteiger charge is 2.25. The Labute approximate surface area is 150 Å². The summed E-state index contributed by atoms with van der Waals surface area (Å²) >= 11 is 0. The Kier molecular flexibility index (Phi) is 8.15. The number of amides is 1. The lowest BCUT2D eigenvalue weighted by Crippen LogP contribution is -3.28. The number of benzene rings is 1. The molecule has 0 aromatic heterocycles. The number of halogens is 1. The number of carbonyl (C=O) groups is 1. The molecule has 25 heavy (non-hydrogen) atoms. The first-order valence-corrected chi connectivity index (χ1v) is 9.38. The predicted octanol–water partition coefficient (Wildman–Crippen LogP) is -0.576. The van der Waals surface area contributed by atoms with Crippen LogP contribution in [0.3, 0.4) is 0 Å². The van der Waals surface area contributed by atoms with Crippen molar-refractivity contribution < 1.29 is 23.7 Å². The summed E-state index contributed by atoms with van der Waals surface area (Å²) in [4.78, 5) is 14.7. The number of hydrogen-bond acceptors (Lipinski definition) is 2. The van der Waals surface area contributed by atoms with Gasteiger partial charge < -0.3 is 19.9 Å². The largest absolute Gasteiger partial charge is 0.496 e. The van der Waals surface area contributed by atoms with Crippen LogP contribution in [-0.2, 0) is 11.3 Å². The molecule has 1 aliphatic heterocycles. The first kappa shape index (κ1) is 19.7. The van der Waals surface area contributed by atoms with Crippen LogP contribution in [0.15, 0.2) is 18.2 Å². The van der Waals surface area contributed by atoms with Gasteiger partial charge in [0.2, 0.25) is 0 Å². The van der Waals surface area contributed by atoms with Crippen molar-refractivity contribution in [2.45, 2.75) is 32.7 Å². The van der Waals surface area contributed by atoms with Gasteiger partial charge in [-0.25, -0.2) is 4.39 Å². The molecule has 0 atom stereocenters. The van der Waals surface area contributed by atoms with Crippen LogP contribution in [-0.4, -0.2) is 52.3 Å². The fraction of sp³-hybridized carbons (Fsp3) is 0.632. The van der Waals surface area contributed by atoms with Gasteiger partial charge in [-0.3, -0.25) is 4.79 Å². The molecule has 0 bridgehead atoms. The second-order valence-electron chi connectivity index (χ2n) is 6.87. The third-order valence-electron chi connectivity index (χ3n) is 4.86. The maximum atomic E-state index is 13.5. The van der Waals surface area contributed by atoms with E-state index in [0.29, 0.717) is 6.54 Å². The SMILES string of the molecule is CCCCCNC(=O)C[NH+]1CC[NH+](Cc2cc(F)ccc2OC)CC1. The number of ether oxygens (including phenoxy) is 1. The zero-order valence-electron chi connectivity index (χ0n) is 15.5. The number of methoxy groups -OCH3 is 1. The lowest BCUT2D eigenvalue weighted by molar-refractivity contribution is -1.02. The highest BCUT2D eigenvalue weighted by Crippen LogP contribution is 2.18. The van der Waals surface area contributed by atoms with Crippen molar-refractivity contribution in [1.82, 2.24) is 5.32 Å². The highest BCUT2D eigenvalue weighted by molar-refractivity contribution is 5.76. The minimum absolute atomic E-state index is 0.154. The molecule has 0 unspecified atom stereocenters. The number of rotatable bonds is 9. The van der Waals surface area contributed by atoms with E-state index >= 15 is 0 Å². The molecule has 0 saturated carbocycles. The average molecular weight is 353 g/mol. The molecule has 1 amide bonds. The minimum Gasteiger partial charge on any atom is -0.496 e. The van der Waals surface area contributed by atoms with Crippen molar-refractivity contribution >= 4 is 5.91 Å². The van der Waals surface area contributed by atoms with Crippen LogP contribution < -0.4 is 19.9 Å². The summed E-state index contributed by atoms with van der Waals surface area (Å²) in [6, 6.07) is 4.68. The van der Waals surface area contributed by atoms with Gasteiger partial charge in [-0.2, -0.15) is 0 Å². The van der Waals surface area contributed by atoms with Crippen LogP contribution in [0.5, 0.6) is 5.75 Å². The highest BCUT2D eigenvalue weighted by atomic mass is 19.1. The summed E-state index contributed by atoms with van der Waals surface area (Å²) in [6.45, 7) is 8.17. The maximum absolute atomic E-state index is 13.5. The van der Waals surface area contributed by atoms with E-state index in [1.165, 1.54) is 28.7 Å². The Morgan fingerprint density at radius 1 is 1.20 bits per heavy atom. The normalized spacial score (nSPS) is 20.3. The maximum Gasteiger partial charge on any atom is 0.275 e. The molecule has 6 heteroatoms. The number of quaternary nitrogens is 2. The van der Waals surface area contributed by atoms with Gasteiger partial charge in [0.25, 0.3) is 5.91 Å². The van der Waals surface area contributed by atoms with Crippen molar-refractivity contribution in [3.05, 3.63) is 29.6 Å². The molecule has 1 aliphatic rings. The van der Waals surface area contributed by atoms with Gasteiger partial charge in [0.1, 0.15) is 44.3 Å². The molecular weight excluding hydrogens is 321 g/mol. The predicted molar refractivity (Wildman–Crippen MR) is 95.5 cm³/mol. The van der Waals surface area contributed by atoms with Gasteiger partial charge in [0.15, 0.2) is 6.54 Å². The Balaban J connectivity index is 1.73. The van der Waals surface area contributed by atoms with Crippen molar-refractivity contribution in [2.24, 2.45) is 0 Å². The summed E-state index contributed by atoms with van der Waals surface area (Å²) in [5, 5.41) is 3.01. The van der Waals surface area contributed by atoms with E-state index in [0.717, 1.165) is 57.0 Å². The van der Waals surface area contributed by atoms with Gasteiger partial charge in [0, 0.05) is 6.54 Å². The second-order valence-corrected chi connectivity index (χ2v) is 6.87. The molecule has 0 aliphatic carbocycles. The van der Waals surface area contributed by atoms with Crippen LogP contribution in [0.4, 0.5) is 4.39 Å². The van der Waals surface area contributed by atoms with Crippen molar-refractivity contribution in [3.63, 3.8) is 0 Å². The fourth-order valence-electron chi connectivity index (χ4n) is 3.36. The summed E-state index contributed by atoms with van der Waals surface area (Å²) in [5.74, 6) is 0.677. The monoisotopic (exact) mass is 353 g/mol. The third-order valence-corrected chi connectivity index (χ3v) is 4.86.